The number of rotatable bonds is 8. The highest BCUT2D eigenvalue weighted by Gasteiger charge is 2.33. The number of Topliss-reactive ketones (excluding diaryl/α,β-unsaturated/α-hetero) is 1. The molecule has 0 unspecified atom stereocenters. The SMILES string of the molecule is CC(C)[C@@H]1CC[C@@H](C)C[C@@H]1OC(=O)CC(=O)CCCc1ccccc1. The van der Waals surface area contributed by atoms with Crippen molar-refractivity contribution in [3.63, 3.8) is 0 Å². The van der Waals surface area contributed by atoms with Gasteiger partial charge in [0.25, 0.3) is 0 Å². The molecular formula is C22H32O3. The lowest BCUT2D eigenvalue weighted by atomic mass is 9.75. The molecule has 1 fully saturated rings. The van der Waals surface area contributed by atoms with Gasteiger partial charge in [0.1, 0.15) is 18.3 Å². The van der Waals surface area contributed by atoms with Gasteiger partial charge < -0.3 is 4.74 Å². The van der Waals surface area contributed by atoms with E-state index in [-0.39, 0.29) is 24.3 Å². The van der Waals surface area contributed by atoms with Gasteiger partial charge in [0.2, 0.25) is 0 Å². The molecule has 25 heavy (non-hydrogen) atoms. The first-order valence-electron chi connectivity index (χ1n) is 9.70. The molecule has 3 atom stereocenters. The maximum atomic E-state index is 12.2. The highest BCUT2D eigenvalue weighted by atomic mass is 16.5. The van der Waals surface area contributed by atoms with E-state index < -0.39 is 0 Å². The maximum absolute atomic E-state index is 12.2. The molecule has 1 aliphatic rings. The Morgan fingerprint density at radius 2 is 1.88 bits per heavy atom. The van der Waals surface area contributed by atoms with Crippen molar-refractivity contribution in [1.29, 1.82) is 0 Å². The van der Waals surface area contributed by atoms with Crippen LogP contribution in [0.3, 0.4) is 0 Å². The van der Waals surface area contributed by atoms with Crippen LogP contribution in [0.4, 0.5) is 0 Å². The number of ketones is 1. The lowest BCUT2D eigenvalue weighted by molar-refractivity contribution is -0.157. The van der Waals surface area contributed by atoms with Gasteiger partial charge >= 0.3 is 5.97 Å². The second-order valence-corrected chi connectivity index (χ2v) is 7.91. The zero-order valence-corrected chi connectivity index (χ0v) is 15.9. The number of aryl methyl sites for hydroxylation is 1. The average Bonchev–Trinajstić information content (AvgIpc) is 2.55. The molecule has 1 saturated carbocycles. The highest BCUT2D eigenvalue weighted by molar-refractivity contribution is 5.95. The smallest absolute Gasteiger partial charge is 0.313 e. The number of esters is 1. The number of ether oxygens (including phenoxy) is 1. The van der Waals surface area contributed by atoms with E-state index in [1.54, 1.807) is 0 Å². The van der Waals surface area contributed by atoms with E-state index >= 15 is 0 Å². The summed E-state index contributed by atoms with van der Waals surface area (Å²) < 4.78 is 5.71. The predicted octanol–water partition coefficient (Wildman–Crippen LogP) is 4.97. The number of hydrogen-bond acceptors (Lipinski definition) is 3. The third-order valence-electron chi connectivity index (χ3n) is 5.35. The van der Waals surface area contributed by atoms with Crippen LogP contribution < -0.4 is 0 Å². The Balaban J connectivity index is 1.73. The molecule has 138 valence electrons. The summed E-state index contributed by atoms with van der Waals surface area (Å²) in [5.41, 5.74) is 1.23. The maximum Gasteiger partial charge on any atom is 0.313 e. The topological polar surface area (TPSA) is 43.4 Å². The zero-order chi connectivity index (χ0) is 18.2. The molecule has 2 rings (SSSR count). The van der Waals surface area contributed by atoms with E-state index in [9.17, 15) is 9.59 Å². The zero-order valence-electron chi connectivity index (χ0n) is 15.9. The van der Waals surface area contributed by atoms with Gasteiger partial charge in [-0.1, -0.05) is 57.5 Å². The Morgan fingerprint density at radius 3 is 2.56 bits per heavy atom. The van der Waals surface area contributed by atoms with Crippen LogP contribution in [0, 0.1) is 17.8 Å². The van der Waals surface area contributed by atoms with Crippen LogP contribution in [0.25, 0.3) is 0 Å². The van der Waals surface area contributed by atoms with E-state index in [0.717, 1.165) is 25.7 Å². The van der Waals surface area contributed by atoms with E-state index in [0.29, 0.717) is 24.2 Å². The summed E-state index contributed by atoms with van der Waals surface area (Å²) in [5, 5.41) is 0. The van der Waals surface area contributed by atoms with Crippen molar-refractivity contribution >= 4 is 11.8 Å². The minimum atomic E-state index is -0.338. The first-order chi connectivity index (χ1) is 12.0. The van der Waals surface area contributed by atoms with Crippen LogP contribution in [0.1, 0.15) is 64.9 Å². The molecule has 0 bridgehead atoms. The van der Waals surface area contributed by atoms with Gasteiger partial charge in [-0.25, -0.2) is 0 Å². The van der Waals surface area contributed by atoms with Crippen LogP contribution >= 0.6 is 0 Å². The van der Waals surface area contributed by atoms with Gasteiger partial charge in [0.05, 0.1) is 0 Å². The monoisotopic (exact) mass is 344 g/mol. The van der Waals surface area contributed by atoms with Gasteiger partial charge in [-0.15, -0.1) is 0 Å². The Hall–Kier alpha value is -1.64. The summed E-state index contributed by atoms with van der Waals surface area (Å²) in [7, 11) is 0. The largest absolute Gasteiger partial charge is 0.462 e. The van der Waals surface area contributed by atoms with Crippen LogP contribution in [-0.4, -0.2) is 17.9 Å². The number of hydrogen-bond donors (Lipinski definition) is 0. The third-order valence-corrected chi connectivity index (χ3v) is 5.35. The molecule has 1 aliphatic carbocycles. The van der Waals surface area contributed by atoms with Gasteiger partial charge in [0.15, 0.2) is 0 Å². The highest BCUT2D eigenvalue weighted by Crippen LogP contribution is 2.35. The Bertz CT molecular complexity index is 550. The molecule has 0 heterocycles. The second kappa shape index (κ2) is 9.74. The first kappa shape index (κ1) is 19.7. The van der Waals surface area contributed by atoms with Crippen molar-refractivity contribution in [1.82, 2.24) is 0 Å². The van der Waals surface area contributed by atoms with Gasteiger partial charge in [0, 0.05) is 6.42 Å². The quantitative estimate of drug-likeness (QED) is 0.494. The molecule has 1 aromatic carbocycles. The molecule has 1 aromatic rings. The summed E-state index contributed by atoms with van der Waals surface area (Å²) in [5.74, 6) is 1.18. The molecule has 0 saturated heterocycles. The molecular weight excluding hydrogens is 312 g/mol. The Labute approximate surface area is 152 Å². The predicted molar refractivity (Wildman–Crippen MR) is 100 cm³/mol. The van der Waals surface area contributed by atoms with Crippen molar-refractivity contribution in [2.45, 2.75) is 71.8 Å². The fraction of sp³-hybridized carbons (Fsp3) is 0.636. The Kier molecular flexibility index (Phi) is 7.67. The lowest BCUT2D eigenvalue weighted by Crippen LogP contribution is -2.36. The summed E-state index contributed by atoms with van der Waals surface area (Å²) >= 11 is 0. The molecule has 0 amide bonds. The van der Waals surface area contributed by atoms with E-state index in [1.165, 1.54) is 12.0 Å². The summed E-state index contributed by atoms with van der Waals surface area (Å²) in [4.78, 5) is 24.3. The van der Waals surface area contributed by atoms with Crippen LogP contribution in [0.5, 0.6) is 0 Å². The fourth-order valence-electron chi connectivity index (χ4n) is 3.84. The van der Waals surface area contributed by atoms with Crippen molar-refractivity contribution in [2.75, 3.05) is 0 Å². The van der Waals surface area contributed by atoms with Crippen LogP contribution in [0.2, 0.25) is 0 Å². The molecule has 3 nitrogen and oxygen atoms in total. The van der Waals surface area contributed by atoms with E-state index in [1.807, 2.05) is 18.2 Å². The lowest BCUT2D eigenvalue weighted by Gasteiger charge is -2.36. The van der Waals surface area contributed by atoms with Gasteiger partial charge in [-0.05, 0) is 49.0 Å². The van der Waals surface area contributed by atoms with E-state index in [4.69, 9.17) is 4.74 Å². The number of benzene rings is 1. The molecule has 3 heteroatoms. The molecule has 0 radical (unpaired) electrons. The number of carbonyl (C=O) groups is 2. The van der Waals surface area contributed by atoms with Crippen LogP contribution in [0.15, 0.2) is 30.3 Å². The van der Waals surface area contributed by atoms with Crippen molar-refractivity contribution in [3.8, 4) is 0 Å². The molecule has 0 N–H and O–H groups in total. The van der Waals surface area contributed by atoms with Crippen molar-refractivity contribution in [2.24, 2.45) is 17.8 Å². The van der Waals surface area contributed by atoms with Crippen LogP contribution in [-0.2, 0) is 20.7 Å². The second-order valence-electron chi connectivity index (χ2n) is 7.91. The number of carbonyl (C=O) groups excluding carboxylic acids is 2. The fourth-order valence-corrected chi connectivity index (χ4v) is 3.84. The Morgan fingerprint density at radius 1 is 1.16 bits per heavy atom. The normalized spacial score (nSPS) is 23.4. The van der Waals surface area contributed by atoms with Gasteiger partial charge in [-0.3, -0.25) is 9.59 Å². The summed E-state index contributed by atoms with van der Waals surface area (Å²) in [6, 6.07) is 10.1. The standard InChI is InChI=1S/C22H32O3/c1-16(2)20-13-12-17(3)14-21(20)25-22(24)15-19(23)11-7-10-18-8-5-4-6-9-18/h4-6,8-9,16-17,20-21H,7,10-15H2,1-3H3/t17-,20+,21+/m1/s1. The van der Waals surface area contributed by atoms with Crippen molar-refractivity contribution < 1.29 is 14.3 Å². The minimum absolute atomic E-state index is 0.00844. The summed E-state index contributed by atoms with van der Waals surface area (Å²) in [6.07, 6.45) is 5.24. The molecule has 0 spiro atoms. The molecule has 0 aliphatic heterocycles. The third kappa shape index (κ3) is 6.64. The first-order valence-corrected chi connectivity index (χ1v) is 9.70. The summed E-state index contributed by atoms with van der Waals surface area (Å²) in [6.45, 7) is 6.60. The van der Waals surface area contributed by atoms with Crippen molar-refractivity contribution in [3.05, 3.63) is 35.9 Å². The molecule has 0 aromatic heterocycles. The minimum Gasteiger partial charge on any atom is -0.462 e. The average molecular weight is 344 g/mol. The van der Waals surface area contributed by atoms with E-state index in [2.05, 4.69) is 32.9 Å². The van der Waals surface area contributed by atoms with Gasteiger partial charge in [-0.2, -0.15) is 0 Å².